The molecular formula is C7H8ClNO. The highest BCUT2D eigenvalue weighted by atomic mass is 35.5. The van der Waals surface area contributed by atoms with Gasteiger partial charge in [0.1, 0.15) is 0 Å². The lowest BCUT2D eigenvalue weighted by atomic mass is 10.3. The van der Waals surface area contributed by atoms with Gasteiger partial charge in [0, 0.05) is 6.20 Å². The average molecular weight is 161 g/mol. The smallest absolute Gasteiger partial charge is 0.158 e. The van der Waals surface area contributed by atoms with E-state index in [1.165, 1.54) is 12.3 Å². The topological polar surface area (TPSA) is 22.1 Å². The number of hydrogen-bond donors (Lipinski definition) is 0. The van der Waals surface area contributed by atoms with Gasteiger partial charge in [-0.2, -0.15) is 0 Å². The number of methoxy groups -OCH3 is 1. The second-order valence-electron chi connectivity index (χ2n) is 1.81. The monoisotopic (exact) mass is 160 g/mol. The highest BCUT2D eigenvalue weighted by Crippen LogP contribution is 2.25. The van der Waals surface area contributed by atoms with Crippen LogP contribution in [0.15, 0.2) is 12.3 Å². The Morgan fingerprint density at radius 2 is 2.60 bits per heavy atom. The lowest BCUT2D eigenvalue weighted by Crippen LogP contribution is -1.89. The van der Waals surface area contributed by atoms with E-state index in [0.717, 1.165) is 0 Å². The summed E-state index contributed by atoms with van der Waals surface area (Å²) in [7, 11) is -2.49. The SMILES string of the molecule is [2H]C([2H])([2H])Oc1c(Cl)ccnc1C. The minimum atomic E-state index is -2.49. The van der Waals surface area contributed by atoms with Crippen molar-refractivity contribution in [1.82, 2.24) is 4.98 Å². The molecule has 0 fully saturated rings. The maximum atomic E-state index is 6.89. The van der Waals surface area contributed by atoms with Crippen LogP contribution < -0.4 is 4.74 Å². The molecule has 3 heteroatoms. The summed E-state index contributed by atoms with van der Waals surface area (Å²) in [4.78, 5) is 3.86. The maximum Gasteiger partial charge on any atom is 0.158 e. The van der Waals surface area contributed by atoms with Crippen LogP contribution in [0.2, 0.25) is 5.02 Å². The van der Waals surface area contributed by atoms with E-state index in [4.69, 9.17) is 15.7 Å². The predicted molar refractivity (Wildman–Crippen MR) is 40.5 cm³/mol. The Hall–Kier alpha value is -0.760. The molecule has 0 spiro atoms. The molecule has 0 aliphatic carbocycles. The zero-order chi connectivity index (χ0) is 10.1. The lowest BCUT2D eigenvalue weighted by molar-refractivity contribution is 0.409. The van der Waals surface area contributed by atoms with Crippen molar-refractivity contribution in [2.45, 2.75) is 6.92 Å². The van der Waals surface area contributed by atoms with Crippen LogP contribution in [0.1, 0.15) is 9.81 Å². The fourth-order valence-corrected chi connectivity index (χ4v) is 0.876. The van der Waals surface area contributed by atoms with Crippen molar-refractivity contribution in [2.75, 3.05) is 7.04 Å². The largest absolute Gasteiger partial charge is 0.493 e. The number of halogens is 1. The van der Waals surface area contributed by atoms with Crippen molar-refractivity contribution in [3.05, 3.63) is 23.0 Å². The normalized spacial score (nSPS) is 15.2. The molecule has 1 heterocycles. The molecular weight excluding hydrogens is 150 g/mol. The van der Waals surface area contributed by atoms with Crippen LogP contribution in [-0.4, -0.2) is 12.0 Å². The molecule has 1 rings (SSSR count). The van der Waals surface area contributed by atoms with Crippen LogP contribution in [-0.2, 0) is 0 Å². The molecule has 0 N–H and O–H groups in total. The van der Waals surface area contributed by atoms with Crippen LogP contribution in [0, 0.1) is 6.92 Å². The summed E-state index contributed by atoms with van der Waals surface area (Å²) in [5.41, 5.74) is 0.462. The molecule has 0 aliphatic heterocycles. The molecule has 0 bridgehead atoms. The van der Waals surface area contributed by atoms with Gasteiger partial charge in [0.25, 0.3) is 0 Å². The molecule has 0 saturated heterocycles. The van der Waals surface area contributed by atoms with E-state index in [-0.39, 0.29) is 10.8 Å². The Morgan fingerprint density at radius 1 is 1.80 bits per heavy atom. The summed E-state index contributed by atoms with van der Waals surface area (Å²) in [5, 5.41) is 0.253. The zero-order valence-electron chi connectivity index (χ0n) is 8.39. The van der Waals surface area contributed by atoms with Gasteiger partial charge in [0.15, 0.2) is 5.75 Å². The summed E-state index contributed by atoms with van der Waals surface area (Å²) in [6.07, 6.45) is 1.49. The van der Waals surface area contributed by atoms with E-state index in [9.17, 15) is 0 Å². The van der Waals surface area contributed by atoms with E-state index < -0.39 is 7.04 Å². The summed E-state index contributed by atoms with van der Waals surface area (Å²) < 4.78 is 25.3. The third kappa shape index (κ3) is 1.21. The second kappa shape index (κ2) is 2.88. The van der Waals surface area contributed by atoms with E-state index >= 15 is 0 Å². The highest BCUT2D eigenvalue weighted by molar-refractivity contribution is 6.32. The Balaban J connectivity index is 3.00. The van der Waals surface area contributed by atoms with Crippen molar-refractivity contribution >= 4 is 11.6 Å². The molecule has 0 atom stereocenters. The van der Waals surface area contributed by atoms with Gasteiger partial charge in [-0.25, -0.2) is 0 Å². The van der Waals surface area contributed by atoms with Gasteiger partial charge in [-0.15, -0.1) is 0 Å². The number of nitrogens with zero attached hydrogens (tertiary/aromatic N) is 1. The van der Waals surface area contributed by atoms with E-state index in [1.54, 1.807) is 6.92 Å². The standard InChI is InChI=1S/C7H8ClNO/c1-5-7(10-2)6(8)3-4-9-5/h3-4H,1-2H3/i2D3. The van der Waals surface area contributed by atoms with Crippen molar-refractivity contribution in [1.29, 1.82) is 0 Å². The molecule has 0 radical (unpaired) electrons. The van der Waals surface area contributed by atoms with Gasteiger partial charge >= 0.3 is 0 Å². The number of aryl methyl sites for hydroxylation is 1. The first-order valence-corrected chi connectivity index (χ1v) is 3.08. The van der Waals surface area contributed by atoms with Crippen LogP contribution in [0.4, 0.5) is 0 Å². The van der Waals surface area contributed by atoms with Gasteiger partial charge in [-0.05, 0) is 13.0 Å². The molecule has 0 saturated carbocycles. The first-order valence-electron chi connectivity index (χ1n) is 4.20. The van der Waals surface area contributed by atoms with Gasteiger partial charge in [0.2, 0.25) is 0 Å². The fourth-order valence-electron chi connectivity index (χ4n) is 0.644. The maximum absolute atomic E-state index is 6.89. The Morgan fingerprint density at radius 3 is 3.20 bits per heavy atom. The van der Waals surface area contributed by atoms with Gasteiger partial charge in [-0.3, -0.25) is 4.98 Å². The first kappa shape index (κ1) is 4.19. The number of pyridine rings is 1. The highest BCUT2D eigenvalue weighted by Gasteiger charge is 2.02. The fraction of sp³-hybridized carbons (Fsp3) is 0.286. The van der Waals surface area contributed by atoms with Gasteiger partial charge in [0.05, 0.1) is 21.9 Å². The van der Waals surface area contributed by atoms with Crippen LogP contribution in [0.3, 0.4) is 0 Å². The molecule has 0 aromatic carbocycles. The minimum absolute atomic E-state index is 0.115. The molecule has 0 unspecified atom stereocenters. The van der Waals surface area contributed by atoms with Crippen molar-refractivity contribution in [3.63, 3.8) is 0 Å². The summed E-state index contributed by atoms with van der Waals surface area (Å²) >= 11 is 5.72. The summed E-state index contributed by atoms with van der Waals surface area (Å²) in [6, 6.07) is 1.48. The van der Waals surface area contributed by atoms with Crippen molar-refractivity contribution in [2.24, 2.45) is 0 Å². The quantitative estimate of drug-likeness (QED) is 0.628. The predicted octanol–water partition coefficient (Wildman–Crippen LogP) is 2.05. The van der Waals surface area contributed by atoms with E-state index in [2.05, 4.69) is 9.72 Å². The van der Waals surface area contributed by atoms with Crippen LogP contribution in [0.5, 0.6) is 5.75 Å². The Bertz CT molecular complexity index is 293. The first-order chi connectivity index (χ1) is 5.90. The second-order valence-corrected chi connectivity index (χ2v) is 2.22. The molecule has 54 valence electrons. The average Bonchev–Trinajstić information content (AvgIpc) is 1.95. The summed E-state index contributed by atoms with van der Waals surface area (Å²) in [5.74, 6) is 0.115. The van der Waals surface area contributed by atoms with E-state index in [1.807, 2.05) is 0 Å². The third-order valence-electron chi connectivity index (χ3n) is 1.14. The lowest BCUT2D eigenvalue weighted by Gasteiger charge is -2.03. The number of hydrogen-bond acceptors (Lipinski definition) is 2. The van der Waals surface area contributed by atoms with Gasteiger partial charge in [-0.1, -0.05) is 11.6 Å². The molecule has 10 heavy (non-hydrogen) atoms. The number of rotatable bonds is 1. The van der Waals surface area contributed by atoms with E-state index in [0.29, 0.717) is 5.69 Å². The zero-order valence-corrected chi connectivity index (χ0v) is 6.14. The number of aromatic nitrogens is 1. The molecule has 0 amide bonds. The van der Waals surface area contributed by atoms with Crippen molar-refractivity contribution < 1.29 is 8.85 Å². The minimum Gasteiger partial charge on any atom is -0.493 e. The molecule has 2 nitrogen and oxygen atoms in total. The Kier molecular flexibility index (Phi) is 1.21. The summed E-state index contributed by atoms with van der Waals surface area (Å²) in [6.45, 7) is 1.63. The third-order valence-corrected chi connectivity index (χ3v) is 1.43. The van der Waals surface area contributed by atoms with Gasteiger partial charge < -0.3 is 4.74 Å². The van der Waals surface area contributed by atoms with Crippen molar-refractivity contribution in [3.8, 4) is 5.75 Å². The Labute approximate surface area is 69.0 Å². The molecule has 1 aromatic rings. The molecule has 1 aromatic heterocycles. The molecule has 0 aliphatic rings. The number of ether oxygens (including phenoxy) is 1. The van der Waals surface area contributed by atoms with Crippen LogP contribution in [0.25, 0.3) is 0 Å². The van der Waals surface area contributed by atoms with Crippen LogP contribution >= 0.6 is 11.6 Å².